The number of rotatable bonds is 14. The van der Waals surface area contributed by atoms with E-state index in [-0.39, 0.29) is 4.90 Å². The fourth-order valence-electron chi connectivity index (χ4n) is 4.49. The van der Waals surface area contributed by atoms with Crippen molar-refractivity contribution in [1.29, 1.82) is 0 Å². The molecule has 2 atom stereocenters. The molecule has 0 aliphatic carbocycles. The number of esters is 1. The van der Waals surface area contributed by atoms with Crippen LogP contribution in [-0.4, -0.2) is 38.1 Å². The smallest absolute Gasteiger partial charge is 0.310 e. The number of ether oxygens (including phenoxy) is 2. The van der Waals surface area contributed by atoms with E-state index >= 15 is 0 Å². The lowest BCUT2D eigenvalue weighted by molar-refractivity contribution is -0.160. The Morgan fingerprint density at radius 1 is 0.846 bits per heavy atom. The molecule has 39 heavy (non-hydrogen) atoms. The Kier molecular flexibility index (Phi) is 11.5. The number of unbranched alkanes of at least 4 members (excludes halogenated alkanes) is 1. The van der Waals surface area contributed by atoms with E-state index in [1.54, 1.807) is 43.1 Å². The quantitative estimate of drug-likeness (QED) is 0.115. The lowest BCUT2D eigenvalue weighted by Gasteiger charge is -2.29. The van der Waals surface area contributed by atoms with Gasteiger partial charge in [-0.3, -0.25) is 4.79 Å². The fourth-order valence-corrected chi connectivity index (χ4v) is 7.46. The molecule has 3 aromatic carbocycles. The number of sulfone groups is 1. The summed E-state index contributed by atoms with van der Waals surface area (Å²) in [5, 5.41) is -0.895. The molecule has 0 aliphatic rings. The lowest BCUT2D eigenvalue weighted by atomic mass is 9.96. The van der Waals surface area contributed by atoms with Gasteiger partial charge in [-0.1, -0.05) is 55.0 Å². The summed E-state index contributed by atoms with van der Waals surface area (Å²) in [4.78, 5) is 14.8. The topological polar surface area (TPSA) is 69.7 Å². The molecule has 0 heterocycles. The highest BCUT2D eigenvalue weighted by atomic mass is 32.2. The number of benzene rings is 3. The minimum atomic E-state index is -3.83. The first-order valence-corrected chi connectivity index (χ1v) is 16.0. The number of carbonyl (C=O) groups is 1. The Bertz CT molecular complexity index is 1250. The van der Waals surface area contributed by atoms with Crippen LogP contribution in [0.4, 0.5) is 0 Å². The van der Waals surface area contributed by atoms with E-state index < -0.39 is 32.6 Å². The van der Waals surface area contributed by atoms with Crippen LogP contribution in [0.2, 0.25) is 0 Å². The molecule has 0 saturated carbocycles. The van der Waals surface area contributed by atoms with Crippen molar-refractivity contribution in [2.45, 2.75) is 73.5 Å². The van der Waals surface area contributed by atoms with Crippen molar-refractivity contribution in [1.82, 2.24) is 0 Å². The Morgan fingerprint density at radius 3 is 2.05 bits per heavy atom. The molecule has 0 spiro atoms. The highest BCUT2D eigenvalue weighted by Crippen LogP contribution is 2.33. The van der Waals surface area contributed by atoms with Crippen molar-refractivity contribution < 1.29 is 22.7 Å². The van der Waals surface area contributed by atoms with Gasteiger partial charge in [0.05, 0.1) is 23.2 Å². The van der Waals surface area contributed by atoms with Crippen LogP contribution in [0.3, 0.4) is 0 Å². The van der Waals surface area contributed by atoms with Gasteiger partial charge in [0.2, 0.25) is 0 Å². The SMILES string of the molecule is COc1ccc(S(=O)(=O)[C@H](CCCCc2ccccc2)[C@H](CCSc2ccccc2)C(=O)OC(C)(C)C)cc1. The summed E-state index contributed by atoms with van der Waals surface area (Å²) < 4.78 is 39.2. The van der Waals surface area contributed by atoms with Crippen molar-refractivity contribution in [3.8, 4) is 5.75 Å². The molecule has 0 saturated heterocycles. The van der Waals surface area contributed by atoms with Gasteiger partial charge in [-0.25, -0.2) is 8.42 Å². The van der Waals surface area contributed by atoms with Gasteiger partial charge in [0.25, 0.3) is 0 Å². The molecule has 7 heteroatoms. The summed E-state index contributed by atoms with van der Waals surface area (Å²) in [7, 11) is -2.29. The van der Waals surface area contributed by atoms with Crippen LogP contribution in [0.1, 0.15) is 52.0 Å². The Balaban J connectivity index is 1.87. The average molecular weight is 569 g/mol. The zero-order valence-electron chi connectivity index (χ0n) is 23.3. The van der Waals surface area contributed by atoms with E-state index in [2.05, 4.69) is 12.1 Å². The van der Waals surface area contributed by atoms with Crippen LogP contribution in [0.15, 0.2) is 94.7 Å². The predicted molar refractivity (Wildman–Crippen MR) is 159 cm³/mol. The third-order valence-electron chi connectivity index (χ3n) is 6.43. The molecule has 0 unspecified atom stereocenters. The minimum absolute atomic E-state index is 0.195. The lowest BCUT2D eigenvalue weighted by Crippen LogP contribution is -2.39. The summed E-state index contributed by atoms with van der Waals surface area (Å²) in [6.07, 6.45) is 3.14. The van der Waals surface area contributed by atoms with Crippen molar-refractivity contribution >= 4 is 27.6 Å². The van der Waals surface area contributed by atoms with Gasteiger partial charge in [-0.05, 0) is 94.2 Å². The van der Waals surface area contributed by atoms with Gasteiger partial charge in [0.15, 0.2) is 9.84 Å². The molecule has 210 valence electrons. The molecule has 0 amide bonds. The molecule has 0 N–H and O–H groups in total. The van der Waals surface area contributed by atoms with Crippen LogP contribution < -0.4 is 4.74 Å². The van der Waals surface area contributed by atoms with E-state index in [0.29, 0.717) is 30.8 Å². The third kappa shape index (κ3) is 9.73. The second-order valence-electron chi connectivity index (χ2n) is 10.6. The van der Waals surface area contributed by atoms with E-state index in [9.17, 15) is 13.2 Å². The molecule has 0 radical (unpaired) electrons. The van der Waals surface area contributed by atoms with Crippen LogP contribution in [0, 0.1) is 5.92 Å². The maximum absolute atomic E-state index is 14.1. The van der Waals surface area contributed by atoms with Gasteiger partial charge >= 0.3 is 5.97 Å². The number of aryl methyl sites for hydroxylation is 1. The maximum atomic E-state index is 14.1. The van der Waals surface area contributed by atoms with Gasteiger partial charge < -0.3 is 9.47 Å². The fraction of sp³-hybridized carbons (Fsp3) is 0.406. The summed E-state index contributed by atoms with van der Waals surface area (Å²) in [5.74, 6) is -0.0612. The van der Waals surface area contributed by atoms with E-state index in [1.807, 2.05) is 69.3 Å². The van der Waals surface area contributed by atoms with Crippen LogP contribution in [-0.2, 0) is 25.8 Å². The summed E-state index contributed by atoms with van der Waals surface area (Å²) in [5.41, 5.74) is 0.499. The molecular weight excluding hydrogens is 528 g/mol. The van der Waals surface area contributed by atoms with Crippen molar-refractivity contribution in [3.05, 3.63) is 90.5 Å². The molecule has 0 aliphatic heterocycles. The summed E-state index contributed by atoms with van der Waals surface area (Å²) >= 11 is 1.62. The third-order valence-corrected chi connectivity index (χ3v) is 9.77. The van der Waals surface area contributed by atoms with Gasteiger partial charge in [0, 0.05) is 4.90 Å². The average Bonchev–Trinajstić information content (AvgIpc) is 2.92. The number of carbonyl (C=O) groups excluding carboxylic acids is 1. The molecule has 0 bridgehead atoms. The van der Waals surface area contributed by atoms with E-state index in [0.717, 1.165) is 17.7 Å². The Morgan fingerprint density at radius 2 is 1.46 bits per heavy atom. The Labute approximate surface area is 238 Å². The zero-order chi connectivity index (χ0) is 28.3. The first-order valence-electron chi connectivity index (χ1n) is 13.4. The minimum Gasteiger partial charge on any atom is -0.497 e. The Hall–Kier alpha value is -2.77. The summed E-state index contributed by atoms with van der Waals surface area (Å²) in [6.45, 7) is 5.44. The monoisotopic (exact) mass is 568 g/mol. The number of thioether (sulfide) groups is 1. The standard InChI is InChI=1S/C32H40O5S2/c1-32(2,3)37-31(33)29(23-24-38-27-16-9-6-10-17-27)30(18-12-11-15-25-13-7-5-8-14-25)39(34,35)28-21-19-26(36-4)20-22-28/h5-10,13-14,16-17,19-22,29-30H,11-12,15,18,23-24H2,1-4H3/t29-,30+/m0/s1. The molecular formula is C32H40O5S2. The maximum Gasteiger partial charge on any atom is 0.310 e. The molecule has 0 aromatic heterocycles. The number of hydrogen-bond acceptors (Lipinski definition) is 6. The van der Waals surface area contributed by atoms with Crippen LogP contribution in [0.5, 0.6) is 5.75 Å². The van der Waals surface area contributed by atoms with Crippen molar-refractivity contribution in [2.24, 2.45) is 5.92 Å². The second kappa shape index (κ2) is 14.6. The number of methoxy groups -OCH3 is 1. The molecule has 0 fully saturated rings. The van der Waals surface area contributed by atoms with Gasteiger partial charge in [0.1, 0.15) is 11.4 Å². The van der Waals surface area contributed by atoms with Crippen LogP contribution in [0.25, 0.3) is 0 Å². The van der Waals surface area contributed by atoms with Crippen LogP contribution >= 0.6 is 11.8 Å². The largest absolute Gasteiger partial charge is 0.497 e. The molecule has 5 nitrogen and oxygen atoms in total. The van der Waals surface area contributed by atoms with Gasteiger partial charge in [-0.2, -0.15) is 0 Å². The second-order valence-corrected chi connectivity index (χ2v) is 13.9. The van der Waals surface area contributed by atoms with E-state index in [1.165, 1.54) is 5.56 Å². The molecule has 3 aromatic rings. The van der Waals surface area contributed by atoms with E-state index in [4.69, 9.17) is 9.47 Å². The summed E-state index contributed by atoms with van der Waals surface area (Å²) in [6, 6.07) is 26.5. The first-order chi connectivity index (χ1) is 18.6. The molecule has 3 rings (SSSR count). The zero-order valence-corrected chi connectivity index (χ0v) is 25.0. The number of hydrogen-bond donors (Lipinski definition) is 0. The highest BCUT2D eigenvalue weighted by molar-refractivity contribution is 7.99. The van der Waals surface area contributed by atoms with Crippen molar-refractivity contribution in [2.75, 3.05) is 12.9 Å². The normalized spacial score (nSPS) is 13.4. The highest BCUT2D eigenvalue weighted by Gasteiger charge is 2.40. The van der Waals surface area contributed by atoms with Crippen molar-refractivity contribution in [3.63, 3.8) is 0 Å². The first kappa shape index (κ1) is 30.8. The predicted octanol–water partition coefficient (Wildman–Crippen LogP) is 7.39. The van der Waals surface area contributed by atoms with Gasteiger partial charge in [-0.15, -0.1) is 11.8 Å².